The number of benzene rings is 1. The van der Waals surface area contributed by atoms with Crippen molar-refractivity contribution in [1.82, 2.24) is 0 Å². The predicted octanol–water partition coefficient (Wildman–Crippen LogP) is 4.02. The molecule has 1 heterocycles. The van der Waals surface area contributed by atoms with Crippen LogP contribution in [0.25, 0.3) is 0 Å². The molecule has 0 amide bonds. The van der Waals surface area contributed by atoms with Crippen molar-refractivity contribution in [3.63, 3.8) is 0 Å². The molecule has 0 bridgehead atoms. The van der Waals surface area contributed by atoms with Crippen molar-refractivity contribution >= 4 is 24.3 Å². The van der Waals surface area contributed by atoms with Crippen LogP contribution in [0.1, 0.15) is 53.0 Å². The molecule has 4 heteroatoms. The molecule has 0 saturated carbocycles. The third-order valence-electron chi connectivity index (χ3n) is 4.46. The van der Waals surface area contributed by atoms with Gasteiger partial charge in [-0.25, -0.2) is 0 Å². The molecule has 21 heavy (non-hydrogen) atoms. The molecule has 2 rings (SSSR count). The van der Waals surface area contributed by atoms with Crippen molar-refractivity contribution in [1.29, 1.82) is 0 Å². The minimum atomic E-state index is -0.278. The molecule has 1 aromatic carbocycles. The molecule has 1 saturated heterocycles. The highest BCUT2D eigenvalue weighted by Crippen LogP contribution is 2.36. The topological polar surface area (TPSA) is 18.5 Å². The largest absolute Gasteiger partial charge is 0.495 e. The first-order chi connectivity index (χ1) is 9.87. The van der Waals surface area contributed by atoms with Crippen LogP contribution in [0, 0.1) is 0 Å². The van der Waals surface area contributed by atoms with Gasteiger partial charge in [-0.05, 0) is 50.9 Å². The molecule has 0 atom stereocenters. The highest BCUT2D eigenvalue weighted by Gasteiger charge is 2.52. The van der Waals surface area contributed by atoms with Crippen LogP contribution in [0.4, 0.5) is 0 Å². The van der Waals surface area contributed by atoms with E-state index in [1.807, 2.05) is 11.8 Å². The summed E-state index contributed by atoms with van der Waals surface area (Å²) in [5, 5.41) is 0. The van der Waals surface area contributed by atoms with E-state index >= 15 is 0 Å². The van der Waals surface area contributed by atoms with Crippen molar-refractivity contribution < 1.29 is 9.31 Å². The highest BCUT2D eigenvalue weighted by atomic mass is 32.2. The monoisotopic (exact) mass is 306 g/mol. The maximum Gasteiger partial charge on any atom is 0.495 e. The van der Waals surface area contributed by atoms with Gasteiger partial charge in [-0.3, -0.25) is 0 Å². The highest BCUT2D eigenvalue weighted by molar-refractivity contribution is 7.98. The van der Waals surface area contributed by atoms with Gasteiger partial charge in [0.25, 0.3) is 0 Å². The van der Waals surface area contributed by atoms with Gasteiger partial charge in [0, 0.05) is 5.75 Å². The Hall–Kier alpha value is -0.445. The van der Waals surface area contributed by atoms with E-state index in [-0.39, 0.29) is 18.3 Å². The molecule has 2 nitrogen and oxygen atoms in total. The molecule has 0 unspecified atom stereocenters. The average Bonchev–Trinajstić information content (AvgIpc) is 2.64. The van der Waals surface area contributed by atoms with Crippen LogP contribution >= 0.6 is 11.8 Å². The van der Waals surface area contributed by atoms with Gasteiger partial charge in [-0.2, -0.15) is 11.8 Å². The molecule has 1 aliphatic rings. The number of unbranched alkanes of at least 4 members (excludes halogenated alkanes) is 1. The summed E-state index contributed by atoms with van der Waals surface area (Å²) >= 11 is 1.99. The summed E-state index contributed by atoms with van der Waals surface area (Å²) in [6.45, 7) is 10.6. The lowest BCUT2D eigenvalue weighted by molar-refractivity contribution is 0.00578. The summed E-state index contributed by atoms with van der Waals surface area (Å²) in [4.78, 5) is 0. The third-order valence-corrected chi connectivity index (χ3v) is 5.55. The summed E-state index contributed by atoms with van der Waals surface area (Å²) in [5.41, 5.74) is 1.96. The second-order valence-corrected chi connectivity index (χ2v) is 7.80. The molecule has 0 aliphatic carbocycles. The summed E-state index contributed by atoms with van der Waals surface area (Å²) in [6, 6.07) is 8.50. The van der Waals surface area contributed by atoms with Crippen molar-refractivity contribution in [2.75, 3.05) is 5.75 Å². The van der Waals surface area contributed by atoms with E-state index < -0.39 is 0 Å². The Balaban J connectivity index is 2.10. The Morgan fingerprint density at radius 1 is 1.05 bits per heavy atom. The lowest BCUT2D eigenvalue weighted by Gasteiger charge is -2.32. The van der Waals surface area contributed by atoms with Gasteiger partial charge in [-0.15, -0.1) is 0 Å². The first kappa shape index (κ1) is 16.9. The van der Waals surface area contributed by atoms with E-state index in [1.54, 1.807) is 0 Å². The van der Waals surface area contributed by atoms with Gasteiger partial charge < -0.3 is 9.31 Å². The van der Waals surface area contributed by atoms with Gasteiger partial charge in [0.05, 0.1) is 11.2 Å². The van der Waals surface area contributed by atoms with Crippen LogP contribution in [0.3, 0.4) is 0 Å². The Labute approximate surface area is 134 Å². The first-order valence-corrected chi connectivity index (χ1v) is 9.04. The zero-order valence-corrected chi connectivity index (χ0v) is 14.8. The lowest BCUT2D eigenvalue weighted by Crippen LogP contribution is -2.41. The standard InChI is InChI=1S/C17H27BO2S/c1-6-7-12-21-13-14-10-8-9-11-15(14)18-19-16(2,3)17(4,5)20-18/h8-11H,6-7,12-13H2,1-5H3. The Morgan fingerprint density at radius 2 is 1.67 bits per heavy atom. The van der Waals surface area contributed by atoms with Crippen LogP contribution in [0.5, 0.6) is 0 Å². The number of thioether (sulfide) groups is 1. The molecule has 0 radical (unpaired) electrons. The fourth-order valence-corrected chi connectivity index (χ4v) is 3.41. The van der Waals surface area contributed by atoms with E-state index in [0.717, 1.165) is 5.75 Å². The second kappa shape index (κ2) is 6.76. The third kappa shape index (κ3) is 3.85. The molecular weight excluding hydrogens is 279 g/mol. The van der Waals surface area contributed by atoms with Gasteiger partial charge in [-0.1, -0.05) is 37.6 Å². The van der Waals surface area contributed by atoms with Crippen molar-refractivity contribution in [3.8, 4) is 0 Å². The maximum atomic E-state index is 6.19. The van der Waals surface area contributed by atoms with E-state index in [0.29, 0.717) is 0 Å². The van der Waals surface area contributed by atoms with E-state index in [1.165, 1.54) is 29.6 Å². The Kier molecular flexibility index (Phi) is 5.45. The zero-order valence-electron chi connectivity index (χ0n) is 13.9. The Bertz CT molecular complexity index is 458. The van der Waals surface area contributed by atoms with Gasteiger partial charge in [0.1, 0.15) is 0 Å². The molecule has 0 aromatic heterocycles. The molecular formula is C17H27BO2S. The summed E-state index contributed by atoms with van der Waals surface area (Å²) < 4.78 is 12.4. The van der Waals surface area contributed by atoms with Crippen LogP contribution in [0.15, 0.2) is 24.3 Å². The first-order valence-electron chi connectivity index (χ1n) is 7.88. The van der Waals surface area contributed by atoms with Crippen LogP contribution in [-0.2, 0) is 15.1 Å². The fraction of sp³-hybridized carbons (Fsp3) is 0.647. The van der Waals surface area contributed by atoms with Crippen molar-refractivity contribution in [2.24, 2.45) is 0 Å². The number of hydrogen-bond acceptors (Lipinski definition) is 3. The summed E-state index contributed by atoms with van der Waals surface area (Å²) in [6.07, 6.45) is 2.54. The second-order valence-electron chi connectivity index (χ2n) is 6.69. The lowest BCUT2D eigenvalue weighted by atomic mass is 9.76. The zero-order chi connectivity index (χ0) is 15.5. The summed E-state index contributed by atoms with van der Waals surface area (Å²) in [5.74, 6) is 2.24. The quantitative estimate of drug-likeness (QED) is 0.584. The molecule has 1 aliphatic heterocycles. The SMILES string of the molecule is CCCCSCc1ccccc1B1OC(C)(C)C(C)(C)O1. The Morgan fingerprint density at radius 3 is 2.29 bits per heavy atom. The van der Waals surface area contributed by atoms with Crippen LogP contribution in [-0.4, -0.2) is 24.1 Å². The van der Waals surface area contributed by atoms with Crippen molar-refractivity contribution in [2.45, 2.75) is 64.4 Å². The molecule has 0 spiro atoms. The van der Waals surface area contributed by atoms with Gasteiger partial charge in [0.15, 0.2) is 0 Å². The van der Waals surface area contributed by atoms with Crippen molar-refractivity contribution in [3.05, 3.63) is 29.8 Å². The molecule has 0 N–H and O–H groups in total. The minimum Gasteiger partial charge on any atom is -0.399 e. The molecule has 1 fully saturated rings. The number of hydrogen-bond donors (Lipinski definition) is 0. The van der Waals surface area contributed by atoms with E-state index in [9.17, 15) is 0 Å². The maximum absolute atomic E-state index is 6.19. The summed E-state index contributed by atoms with van der Waals surface area (Å²) in [7, 11) is -0.252. The van der Waals surface area contributed by atoms with Crippen LogP contribution in [0.2, 0.25) is 0 Å². The smallest absolute Gasteiger partial charge is 0.399 e. The van der Waals surface area contributed by atoms with Crippen LogP contribution < -0.4 is 5.46 Å². The predicted molar refractivity (Wildman–Crippen MR) is 93.2 cm³/mol. The average molecular weight is 306 g/mol. The normalized spacial score (nSPS) is 20.0. The van der Waals surface area contributed by atoms with E-state index in [2.05, 4.69) is 58.9 Å². The molecule has 116 valence electrons. The van der Waals surface area contributed by atoms with Gasteiger partial charge >= 0.3 is 7.12 Å². The number of rotatable bonds is 6. The van der Waals surface area contributed by atoms with E-state index in [4.69, 9.17) is 9.31 Å². The minimum absolute atomic E-state index is 0.252. The molecule has 1 aromatic rings. The van der Waals surface area contributed by atoms with Gasteiger partial charge in [0.2, 0.25) is 0 Å². The fourth-order valence-electron chi connectivity index (χ4n) is 2.29.